The molecule has 2 rings (SSSR count). The molecular weight excluding hydrogens is 252 g/mol. The monoisotopic (exact) mass is 272 g/mol. The molecule has 4 nitrogen and oxygen atoms in total. The van der Waals surface area contributed by atoms with Crippen molar-refractivity contribution in [2.75, 3.05) is 19.0 Å². The van der Waals surface area contributed by atoms with Crippen molar-refractivity contribution in [3.8, 4) is 5.88 Å². The maximum atomic E-state index is 5.49. The van der Waals surface area contributed by atoms with Crippen LogP contribution in [0.5, 0.6) is 5.88 Å². The van der Waals surface area contributed by atoms with Crippen molar-refractivity contribution in [3.05, 3.63) is 53.7 Å². The fourth-order valence-electron chi connectivity index (χ4n) is 1.91. The number of methoxy groups -OCH3 is 1. The fourth-order valence-corrected chi connectivity index (χ4v) is 1.91. The number of nitrogens with zero attached hydrogens (tertiary/aromatic N) is 1. The van der Waals surface area contributed by atoms with Crippen molar-refractivity contribution in [1.29, 1.82) is 0 Å². The smallest absolute Gasteiger partial charge is 0.214 e. The van der Waals surface area contributed by atoms with Crippen LogP contribution in [-0.2, 0) is 17.9 Å². The molecule has 106 valence electrons. The second-order valence-corrected chi connectivity index (χ2v) is 4.35. The van der Waals surface area contributed by atoms with Crippen LogP contribution < -0.4 is 10.1 Å². The van der Waals surface area contributed by atoms with E-state index in [0.717, 1.165) is 18.8 Å². The van der Waals surface area contributed by atoms with E-state index >= 15 is 0 Å². The van der Waals surface area contributed by atoms with Crippen molar-refractivity contribution >= 4 is 5.69 Å². The number of aromatic nitrogens is 1. The molecule has 0 spiro atoms. The van der Waals surface area contributed by atoms with E-state index in [1.54, 1.807) is 13.3 Å². The van der Waals surface area contributed by atoms with Gasteiger partial charge in [0, 0.05) is 31.1 Å². The number of anilines is 1. The van der Waals surface area contributed by atoms with Gasteiger partial charge in [-0.15, -0.1) is 0 Å². The molecule has 2 aromatic rings. The van der Waals surface area contributed by atoms with E-state index in [-0.39, 0.29) is 0 Å². The lowest BCUT2D eigenvalue weighted by atomic mass is 10.1. The molecule has 1 aromatic heterocycles. The van der Waals surface area contributed by atoms with Gasteiger partial charge >= 0.3 is 0 Å². The highest BCUT2D eigenvalue weighted by Gasteiger charge is 2.02. The average Bonchev–Trinajstić information content (AvgIpc) is 2.52. The number of hydrogen-bond acceptors (Lipinski definition) is 4. The SMILES string of the molecule is CCOCc1ccccc1CNc1ccnc(OC)c1. The quantitative estimate of drug-likeness (QED) is 0.840. The molecular formula is C16H20N2O2. The number of hydrogen-bond donors (Lipinski definition) is 1. The molecule has 0 aliphatic rings. The summed E-state index contributed by atoms with van der Waals surface area (Å²) in [7, 11) is 1.61. The summed E-state index contributed by atoms with van der Waals surface area (Å²) in [4.78, 5) is 4.09. The molecule has 0 saturated carbocycles. The maximum Gasteiger partial charge on any atom is 0.214 e. The van der Waals surface area contributed by atoms with Gasteiger partial charge in [0.2, 0.25) is 5.88 Å². The van der Waals surface area contributed by atoms with Gasteiger partial charge < -0.3 is 14.8 Å². The first-order valence-corrected chi connectivity index (χ1v) is 6.72. The largest absolute Gasteiger partial charge is 0.481 e. The van der Waals surface area contributed by atoms with Gasteiger partial charge in [0.15, 0.2) is 0 Å². The Kier molecular flexibility index (Phi) is 5.38. The van der Waals surface area contributed by atoms with Crippen molar-refractivity contribution in [2.45, 2.75) is 20.1 Å². The highest BCUT2D eigenvalue weighted by molar-refractivity contribution is 5.46. The third-order valence-electron chi connectivity index (χ3n) is 3.01. The highest BCUT2D eigenvalue weighted by atomic mass is 16.5. The van der Waals surface area contributed by atoms with Gasteiger partial charge in [-0.2, -0.15) is 0 Å². The molecule has 0 unspecified atom stereocenters. The van der Waals surface area contributed by atoms with Crippen LogP contribution in [-0.4, -0.2) is 18.7 Å². The van der Waals surface area contributed by atoms with Crippen LogP contribution in [0.3, 0.4) is 0 Å². The van der Waals surface area contributed by atoms with Crippen LogP contribution in [0.25, 0.3) is 0 Å². The van der Waals surface area contributed by atoms with Crippen LogP contribution in [0.15, 0.2) is 42.6 Å². The van der Waals surface area contributed by atoms with Crippen LogP contribution in [0.4, 0.5) is 5.69 Å². The van der Waals surface area contributed by atoms with Crippen molar-refractivity contribution in [3.63, 3.8) is 0 Å². The molecule has 4 heteroatoms. The Morgan fingerprint density at radius 3 is 2.70 bits per heavy atom. The standard InChI is InChI=1S/C16H20N2O2/c1-3-20-12-14-7-5-4-6-13(14)11-18-15-8-9-17-16(10-15)19-2/h4-10H,3,11-12H2,1-2H3,(H,17,18). The number of ether oxygens (including phenoxy) is 2. The normalized spacial score (nSPS) is 10.3. The molecule has 1 heterocycles. The summed E-state index contributed by atoms with van der Waals surface area (Å²) in [5, 5.41) is 3.38. The Labute approximate surface area is 119 Å². The fraction of sp³-hybridized carbons (Fsp3) is 0.312. The average molecular weight is 272 g/mol. The Morgan fingerprint density at radius 1 is 1.15 bits per heavy atom. The van der Waals surface area contributed by atoms with E-state index in [2.05, 4.69) is 22.4 Å². The first-order chi connectivity index (χ1) is 9.83. The summed E-state index contributed by atoms with van der Waals surface area (Å²) in [5.41, 5.74) is 3.43. The van der Waals surface area contributed by atoms with Crippen LogP contribution in [0.1, 0.15) is 18.1 Å². The van der Waals surface area contributed by atoms with E-state index in [1.807, 2.05) is 31.2 Å². The molecule has 1 N–H and O–H groups in total. The second kappa shape index (κ2) is 7.50. The lowest BCUT2D eigenvalue weighted by Crippen LogP contribution is -2.04. The van der Waals surface area contributed by atoms with Crippen LogP contribution >= 0.6 is 0 Å². The molecule has 0 bridgehead atoms. The van der Waals surface area contributed by atoms with Crippen molar-refractivity contribution < 1.29 is 9.47 Å². The number of nitrogens with one attached hydrogen (secondary N) is 1. The first-order valence-electron chi connectivity index (χ1n) is 6.72. The van der Waals surface area contributed by atoms with Gasteiger partial charge in [-0.25, -0.2) is 4.98 Å². The van der Waals surface area contributed by atoms with Gasteiger partial charge in [0.1, 0.15) is 0 Å². The summed E-state index contributed by atoms with van der Waals surface area (Å²) in [6.45, 7) is 4.12. The zero-order valence-electron chi connectivity index (χ0n) is 11.9. The minimum absolute atomic E-state index is 0.609. The zero-order valence-corrected chi connectivity index (χ0v) is 11.9. The molecule has 1 aromatic carbocycles. The molecule has 20 heavy (non-hydrogen) atoms. The molecule has 0 aliphatic heterocycles. The summed E-state index contributed by atoms with van der Waals surface area (Å²) < 4.78 is 10.6. The van der Waals surface area contributed by atoms with Gasteiger partial charge in [0.05, 0.1) is 13.7 Å². The molecule has 0 radical (unpaired) electrons. The summed E-state index contributed by atoms with van der Waals surface area (Å²) >= 11 is 0. The van der Waals surface area contributed by atoms with E-state index in [4.69, 9.17) is 9.47 Å². The third kappa shape index (κ3) is 3.96. The summed E-state index contributed by atoms with van der Waals surface area (Å²) in [6.07, 6.45) is 1.73. The number of rotatable bonds is 7. The van der Waals surface area contributed by atoms with E-state index in [1.165, 1.54) is 11.1 Å². The molecule has 0 saturated heterocycles. The Hall–Kier alpha value is -2.07. The second-order valence-electron chi connectivity index (χ2n) is 4.35. The highest BCUT2D eigenvalue weighted by Crippen LogP contribution is 2.16. The van der Waals surface area contributed by atoms with Gasteiger partial charge in [-0.05, 0) is 24.1 Å². The van der Waals surface area contributed by atoms with Gasteiger partial charge in [-0.3, -0.25) is 0 Å². The predicted octanol–water partition coefficient (Wildman–Crippen LogP) is 3.24. The molecule has 0 fully saturated rings. The predicted molar refractivity (Wildman–Crippen MR) is 79.9 cm³/mol. The van der Waals surface area contributed by atoms with Crippen LogP contribution in [0.2, 0.25) is 0 Å². The maximum absolute atomic E-state index is 5.49. The van der Waals surface area contributed by atoms with Crippen molar-refractivity contribution in [2.24, 2.45) is 0 Å². The lowest BCUT2D eigenvalue weighted by molar-refractivity contribution is 0.133. The Morgan fingerprint density at radius 2 is 1.95 bits per heavy atom. The van der Waals surface area contributed by atoms with Crippen molar-refractivity contribution in [1.82, 2.24) is 4.98 Å². The lowest BCUT2D eigenvalue weighted by Gasteiger charge is -2.12. The summed E-state index contributed by atoms with van der Waals surface area (Å²) in [5.74, 6) is 0.609. The topological polar surface area (TPSA) is 43.4 Å². The number of benzene rings is 1. The molecule has 0 aliphatic carbocycles. The van der Waals surface area contributed by atoms with E-state index in [0.29, 0.717) is 12.5 Å². The Balaban J connectivity index is 2.02. The minimum atomic E-state index is 0.609. The van der Waals surface area contributed by atoms with Crippen LogP contribution in [0, 0.1) is 0 Å². The van der Waals surface area contributed by atoms with E-state index in [9.17, 15) is 0 Å². The summed E-state index contributed by atoms with van der Waals surface area (Å²) in [6, 6.07) is 12.1. The Bertz CT molecular complexity index is 544. The zero-order chi connectivity index (χ0) is 14.2. The first kappa shape index (κ1) is 14.3. The molecule has 0 amide bonds. The number of pyridine rings is 1. The van der Waals surface area contributed by atoms with Gasteiger partial charge in [0.25, 0.3) is 0 Å². The minimum Gasteiger partial charge on any atom is -0.481 e. The molecule has 0 atom stereocenters. The van der Waals surface area contributed by atoms with E-state index < -0.39 is 0 Å². The third-order valence-corrected chi connectivity index (χ3v) is 3.01. The van der Waals surface area contributed by atoms with Gasteiger partial charge in [-0.1, -0.05) is 24.3 Å².